The zero-order valence-electron chi connectivity index (χ0n) is 17.8. The molecule has 1 aromatic heterocycles. The Balaban J connectivity index is 1.59. The number of esters is 1. The van der Waals surface area contributed by atoms with Gasteiger partial charge in [0.25, 0.3) is 0 Å². The summed E-state index contributed by atoms with van der Waals surface area (Å²) in [4.78, 5) is 29.6. The lowest BCUT2D eigenvalue weighted by Crippen LogP contribution is -2.16. The van der Waals surface area contributed by atoms with E-state index in [0.717, 1.165) is 0 Å². The molecule has 0 saturated heterocycles. The highest BCUT2D eigenvalue weighted by atomic mass is 16.5. The molecule has 33 heavy (non-hydrogen) atoms. The van der Waals surface area contributed by atoms with E-state index >= 15 is 0 Å². The molecular formula is C25H19NO7. The molecule has 0 saturated carbocycles. The minimum Gasteiger partial charge on any atom is -0.504 e. The maximum atomic E-state index is 13.1. The first-order valence-electron chi connectivity index (χ1n) is 10.2. The van der Waals surface area contributed by atoms with Crippen LogP contribution in [0.3, 0.4) is 0 Å². The average molecular weight is 445 g/mol. The van der Waals surface area contributed by atoms with Gasteiger partial charge in [0.05, 0.1) is 26.2 Å². The fourth-order valence-corrected chi connectivity index (χ4v) is 4.10. The lowest BCUT2D eigenvalue weighted by atomic mass is 9.85. The minimum atomic E-state index is -0.461. The first-order valence-corrected chi connectivity index (χ1v) is 10.2. The van der Waals surface area contributed by atoms with Gasteiger partial charge in [-0.15, -0.1) is 0 Å². The molecule has 0 aliphatic carbocycles. The number of nitrogens with zero attached hydrogens (tertiary/aromatic N) is 1. The third-order valence-electron chi connectivity index (χ3n) is 5.67. The number of allylic oxidation sites excluding steroid dienone is 1. The van der Waals surface area contributed by atoms with Crippen molar-refractivity contribution in [3.8, 4) is 28.9 Å². The van der Waals surface area contributed by atoms with Gasteiger partial charge in [0.2, 0.25) is 11.7 Å². The number of rotatable bonds is 4. The minimum absolute atomic E-state index is 0.0327. The largest absolute Gasteiger partial charge is 0.504 e. The molecule has 0 spiro atoms. The molecule has 8 heteroatoms. The summed E-state index contributed by atoms with van der Waals surface area (Å²) < 4.78 is 21.9. The van der Waals surface area contributed by atoms with Gasteiger partial charge >= 0.3 is 5.97 Å². The maximum absolute atomic E-state index is 13.1. The highest BCUT2D eigenvalue weighted by Gasteiger charge is 2.39. The molecule has 5 rings (SSSR count). The van der Waals surface area contributed by atoms with Gasteiger partial charge < -0.3 is 24.1 Å². The number of aromatic nitrogens is 1. The van der Waals surface area contributed by atoms with Crippen LogP contribution in [0.2, 0.25) is 0 Å². The summed E-state index contributed by atoms with van der Waals surface area (Å²) in [6.45, 7) is 0. The van der Waals surface area contributed by atoms with Gasteiger partial charge in [-0.05, 0) is 42.0 Å². The molecule has 2 aromatic carbocycles. The molecule has 1 atom stereocenters. The van der Waals surface area contributed by atoms with Gasteiger partial charge in [0.15, 0.2) is 17.3 Å². The van der Waals surface area contributed by atoms with E-state index in [9.17, 15) is 14.7 Å². The van der Waals surface area contributed by atoms with Gasteiger partial charge in [-0.2, -0.15) is 0 Å². The van der Waals surface area contributed by atoms with Crippen LogP contribution in [0, 0.1) is 0 Å². The van der Waals surface area contributed by atoms with Crippen molar-refractivity contribution in [3.63, 3.8) is 0 Å². The lowest BCUT2D eigenvalue weighted by Gasteiger charge is -2.27. The zero-order valence-corrected chi connectivity index (χ0v) is 17.8. The number of phenolic OH excluding ortho intramolecular Hbond substituents is 1. The van der Waals surface area contributed by atoms with E-state index in [1.807, 2.05) is 6.07 Å². The first kappa shape index (κ1) is 20.6. The van der Waals surface area contributed by atoms with Crippen molar-refractivity contribution in [2.24, 2.45) is 0 Å². The summed E-state index contributed by atoms with van der Waals surface area (Å²) in [6.07, 6.45) is 3.19. The summed E-state index contributed by atoms with van der Waals surface area (Å²) >= 11 is 0. The normalized spacial score (nSPS) is 16.8. The van der Waals surface area contributed by atoms with E-state index in [2.05, 4.69) is 4.98 Å². The van der Waals surface area contributed by atoms with Crippen LogP contribution in [0.1, 0.15) is 39.4 Å². The summed E-state index contributed by atoms with van der Waals surface area (Å²) in [5, 5.41) is 10.1. The molecule has 2 aliphatic rings. The second-order valence-corrected chi connectivity index (χ2v) is 7.56. The number of fused-ring (bicyclic) bond motifs is 4. The predicted octanol–water partition coefficient (Wildman–Crippen LogP) is 4.21. The number of benzene rings is 2. The Hall–Kier alpha value is -4.33. The highest BCUT2D eigenvalue weighted by Crippen LogP contribution is 2.52. The fraction of sp³-hybridized carbons (Fsp3) is 0.160. The van der Waals surface area contributed by atoms with E-state index in [1.54, 1.807) is 42.6 Å². The number of pyridine rings is 1. The van der Waals surface area contributed by atoms with Gasteiger partial charge in [-0.25, -0.2) is 4.98 Å². The Bertz CT molecular complexity index is 1330. The molecule has 1 unspecified atom stereocenters. The number of carbonyl (C=O) groups excluding carboxylic acids is 2. The van der Waals surface area contributed by atoms with Crippen molar-refractivity contribution in [2.45, 2.75) is 12.3 Å². The van der Waals surface area contributed by atoms with Crippen molar-refractivity contribution in [3.05, 3.63) is 76.7 Å². The molecule has 3 heterocycles. The van der Waals surface area contributed by atoms with Crippen molar-refractivity contribution in [2.75, 3.05) is 14.2 Å². The number of hydrogen-bond donors (Lipinski definition) is 1. The van der Waals surface area contributed by atoms with Crippen LogP contribution in [-0.2, 0) is 9.53 Å². The van der Waals surface area contributed by atoms with Crippen LogP contribution in [0.25, 0.3) is 6.08 Å². The van der Waals surface area contributed by atoms with E-state index in [0.29, 0.717) is 45.4 Å². The molecule has 0 fully saturated rings. The van der Waals surface area contributed by atoms with Crippen molar-refractivity contribution < 1.29 is 33.6 Å². The van der Waals surface area contributed by atoms with Crippen LogP contribution < -0.4 is 14.2 Å². The van der Waals surface area contributed by atoms with Crippen molar-refractivity contribution in [1.82, 2.24) is 4.98 Å². The molecule has 1 N–H and O–H groups in total. The monoisotopic (exact) mass is 445 g/mol. The molecule has 0 amide bonds. The molecule has 3 aromatic rings. The van der Waals surface area contributed by atoms with Gasteiger partial charge in [-0.1, -0.05) is 12.1 Å². The predicted molar refractivity (Wildman–Crippen MR) is 117 cm³/mol. The summed E-state index contributed by atoms with van der Waals surface area (Å²) in [5.74, 6) is 0.383. The Labute approximate surface area is 189 Å². The Morgan fingerprint density at radius 1 is 1.18 bits per heavy atom. The summed E-state index contributed by atoms with van der Waals surface area (Å²) in [6, 6.07) is 11.7. The zero-order chi connectivity index (χ0) is 23.1. The number of methoxy groups -OCH3 is 2. The fourth-order valence-electron chi connectivity index (χ4n) is 4.10. The second kappa shape index (κ2) is 7.98. The van der Waals surface area contributed by atoms with Crippen LogP contribution in [0.4, 0.5) is 0 Å². The Morgan fingerprint density at radius 2 is 2.03 bits per heavy atom. The van der Waals surface area contributed by atoms with Crippen LogP contribution in [0.5, 0.6) is 28.9 Å². The van der Waals surface area contributed by atoms with Crippen LogP contribution >= 0.6 is 0 Å². The van der Waals surface area contributed by atoms with Crippen LogP contribution in [0.15, 0.2) is 54.4 Å². The van der Waals surface area contributed by atoms with Crippen molar-refractivity contribution in [1.29, 1.82) is 0 Å². The Kier molecular flexibility index (Phi) is 4.97. The van der Waals surface area contributed by atoms with E-state index < -0.39 is 11.9 Å². The number of hydrogen-bond acceptors (Lipinski definition) is 8. The Morgan fingerprint density at radius 3 is 2.79 bits per heavy atom. The smallest absolute Gasteiger partial charge is 0.306 e. The number of ether oxygens (including phenoxy) is 4. The van der Waals surface area contributed by atoms with E-state index in [4.69, 9.17) is 18.9 Å². The molecule has 0 bridgehead atoms. The third kappa shape index (κ3) is 3.45. The standard InChI is InChI=1S/C25H19NO7/c1-30-18-7-5-13(10-17(18)27)11-20-23(29)15-6-8-19-22(24(15)32-20)16(12-21(28)31-2)14-4-3-9-26-25(14)33-19/h3-11,16,27H,12H2,1-2H3/b20-11+. The summed E-state index contributed by atoms with van der Waals surface area (Å²) in [7, 11) is 2.78. The van der Waals surface area contributed by atoms with E-state index in [1.165, 1.54) is 20.3 Å². The maximum Gasteiger partial charge on any atom is 0.306 e. The quantitative estimate of drug-likeness (QED) is 0.470. The molecule has 0 radical (unpaired) electrons. The van der Waals surface area contributed by atoms with Crippen molar-refractivity contribution >= 4 is 17.8 Å². The third-order valence-corrected chi connectivity index (χ3v) is 5.67. The molecule has 8 nitrogen and oxygen atoms in total. The topological polar surface area (TPSA) is 104 Å². The van der Waals surface area contributed by atoms with Gasteiger partial charge in [0, 0.05) is 23.2 Å². The molecule has 2 aliphatic heterocycles. The average Bonchev–Trinajstić information content (AvgIpc) is 3.14. The second-order valence-electron chi connectivity index (χ2n) is 7.56. The number of aromatic hydroxyl groups is 1. The number of phenols is 1. The van der Waals surface area contributed by atoms with Gasteiger partial charge in [-0.3, -0.25) is 9.59 Å². The van der Waals surface area contributed by atoms with Gasteiger partial charge in [0.1, 0.15) is 11.5 Å². The summed E-state index contributed by atoms with van der Waals surface area (Å²) in [5.41, 5.74) is 2.23. The van der Waals surface area contributed by atoms with Crippen LogP contribution in [-0.4, -0.2) is 36.1 Å². The number of ketones is 1. The number of carbonyl (C=O) groups is 2. The van der Waals surface area contributed by atoms with E-state index in [-0.39, 0.29) is 23.7 Å². The lowest BCUT2D eigenvalue weighted by molar-refractivity contribution is -0.140. The first-order chi connectivity index (χ1) is 16.0. The SMILES string of the molecule is COC(=O)CC1c2cccnc2Oc2ccc3c(c21)O/C(=C/c1ccc(OC)c(O)c1)C3=O. The molecular weight excluding hydrogens is 426 g/mol. The number of Topliss-reactive ketones (excluding diaryl/α,β-unsaturated/α-hetero) is 1. The highest BCUT2D eigenvalue weighted by molar-refractivity contribution is 6.15. The molecule has 166 valence electrons.